The Balaban J connectivity index is 1.30. The van der Waals surface area contributed by atoms with Crippen LogP contribution < -0.4 is 5.32 Å². The maximum atomic E-state index is 13.1. The Bertz CT molecular complexity index is 834. The number of carbonyl (C=O) groups excluding carboxylic acids is 1. The van der Waals surface area contributed by atoms with Crippen LogP contribution in [0, 0.1) is 29.5 Å². The Labute approximate surface area is 182 Å². The molecule has 0 unspecified atom stereocenters. The second kappa shape index (κ2) is 7.80. The molecule has 6 rings (SSSR count). The van der Waals surface area contributed by atoms with Gasteiger partial charge >= 0.3 is 0 Å². The van der Waals surface area contributed by atoms with Crippen molar-refractivity contribution in [2.24, 2.45) is 23.7 Å². The third-order valence-corrected chi connectivity index (χ3v) is 8.08. The lowest BCUT2D eigenvalue weighted by Gasteiger charge is -2.60. The molecule has 1 spiro atoms. The zero-order chi connectivity index (χ0) is 21.8. The van der Waals surface area contributed by atoms with Gasteiger partial charge in [0, 0.05) is 24.4 Å². The SMILES string of the molecule is C[C@H]1[C@@H](CCC(=O)Nc2ccc(F)cc2)O[C@@H]2O[C@]3(C)CC[C@H]4[C@H](C)CC[C@@H]1[C@@]24OO3. The molecule has 7 heteroatoms. The van der Waals surface area contributed by atoms with E-state index in [1.54, 1.807) is 12.1 Å². The van der Waals surface area contributed by atoms with Gasteiger partial charge in [0.15, 0.2) is 11.9 Å². The first-order chi connectivity index (χ1) is 14.8. The van der Waals surface area contributed by atoms with E-state index >= 15 is 0 Å². The molecular formula is C24H32FNO5. The van der Waals surface area contributed by atoms with Crippen LogP contribution in [0.2, 0.25) is 0 Å². The third kappa shape index (κ3) is 3.59. The number of amides is 1. The van der Waals surface area contributed by atoms with Gasteiger partial charge in [0.1, 0.15) is 5.82 Å². The summed E-state index contributed by atoms with van der Waals surface area (Å²) in [5.74, 6) is 0.135. The Hall–Kier alpha value is -1.54. The van der Waals surface area contributed by atoms with Crippen LogP contribution in [-0.2, 0) is 24.0 Å². The highest BCUT2D eigenvalue weighted by Gasteiger charge is 2.69. The van der Waals surface area contributed by atoms with Crippen molar-refractivity contribution in [3.8, 4) is 0 Å². The molecule has 4 aliphatic heterocycles. The molecule has 4 heterocycles. The van der Waals surface area contributed by atoms with E-state index in [0.717, 1.165) is 25.7 Å². The van der Waals surface area contributed by atoms with Crippen molar-refractivity contribution in [1.29, 1.82) is 0 Å². The van der Waals surface area contributed by atoms with Crippen molar-refractivity contribution < 1.29 is 28.4 Å². The van der Waals surface area contributed by atoms with Crippen molar-refractivity contribution >= 4 is 11.6 Å². The predicted molar refractivity (Wildman–Crippen MR) is 111 cm³/mol. The minimum Gasteiger partial charge on any atom is -0.346 e. The topological polar surface area (TPSA) is 66.0 Å². The van der Waals surface area contributed by atoms with Crippen LogP contribution >= 0.6 is 0 Å². The molecule has 170 valence electrons. The van der Waals surface area contributed by atoms with E-state index in [9.17, 15) is 9.18 Å². The van der Waals surface area contributed by atoms with Crippen molar-refractivity contribution in [2.45, 2.75) is 83.1 Å². The lowest BCUT2D eigenvalue weighted by Crippen LogP contribution is -2.70. The number of fused-ring (bicyclic) bond motifs is 2. The van der Waals surface area contributed by atoms with Crippen LogP contribution in [0.3, 0.4) is 0 Å². The zero-order valence-electron chi connectivity index (χ0n) is 18.4. The monoisotopic (exact) mass is 433 g/mol. The molecule has 4 saturated heterocycles. The predicted octanol–water partition coefficient (Wildman–Crippen LogP) is 4.79. The van der Waals surface area contributed by atoms with E-state index in [-0.39, 0.29) is 29.7 Å². The number of benzene rings is 1. The quantitative estimate of drug-likeness (QED) is 0.692. The number of rotatable bonds is 4. The van der Waals surface area contributed by atoms with E-state index in [1.165, 1.54) is 12.1 Å². The first-order valence-corrected chi connectivity index (χ1v) is 11.6. The van der Waals surface area contributed by atoms with Crippen molar-refractivity contribution in [3.05, 3.63) is 30.1 Å². The minimum atomic E-state index is -0.789. The summed E-state index contributed by atoms with van der Waals surface area (Å²) in [5, 5.41) is 2.83. The molecule has 0 aromatic heterocycles. The van der Waals surface area contributed by atoms with E-state index in [1.807, 2.05) is 6.92 Å². The largest absolute Gasteiger partial charge is 0.346 e. The second-order valence-corrected chi connectivity index (χ2v) is 10.0. The molecule has 1 N–H and O–H groups in total. The Morgan fingerprint density at radius 3 is 2.68 bits per heavy atom. The summed E-state index contributed by atoms with van der Waals surface area (Å²) in [6.45, 7) is 6.42. The fourth-order valence-electron chi connectivity index (χ4n) is 6.34. The van der Waals surface area contributed by atoms with Crippen LogP contribution in [0.25, 0.3) is 0 Å². The van der Waals surface area contributed by atoms with Crippen LogP contribution in [0.1, 0.15) is 59.3 Å². The minimum absolute atomic E-state index is 0.0970. The van der Waals surface area contributed by atoms with Crippen molar-refractivity contribution in [2.75, 3.05) is 5.32 Å². The maximum absolute atomic E-state index is 13.1. The van der Waals surface area contributed by atoms with Crippen LogP contribution in [0.5, 0.6) is 0 Å². The van der Waals surface area contributed by atoms with Gasteiger partial charge in [0.25, 0.3) is 0 Å². The fraction of sp³-hybridized carbons (Fsp3) is 0.708. The number of anilines is 1. The van der Waals surface area contributed by atoms with Gasteiger partial charge < -0.3 is 14.8 Å². The Kier molecular flexibility index (Phi) is 5.36. The zero-order valence-corrected chi connectivity index (χ0v) is 18.4. The highest BCUT2D eigenvalue weighted by molar-refractivity contribution is 5.90. The van der Waals surface area contributed by atoms with E-state index in [0.29, 0.717) is 30.4 Å². The van der Waals surface area contributed by atoms with Gasteiger partial charge in [0.05, 0.1) is 6.10 Å². The maximum Gasteiger partial charge on any atom is 0.224 e. The standard InChI is InChI=1S/C24H32FNO5/c1-14-4-9-19-15(2)20(10-11-21(27)26-17-7-5-16(25)6-8-17)28-22-24(19)18(14)12-13-23(3,29-22)30-31-24/h5-8,14-15,18-20,22H,4,9-13H2,1-3H3,(H,26,27)/t14-,15-,18+,19+,20-,22-,23+,24-/m1/s1. The van der Waals surface area contributed by atoms with Gasteiger partial charge in [-0.3, -0.25) is 4.79 Å². The summed E-state index contributed by atoms with van der Waals surface area (Å²) in [4.78, 5) is 24.5. The van der Waals surface area contributed by atoms with E-state index < -0.39 is 17.7 Å². The van der Waals surface area contributed by atoms with Crippen LogP contribution in [0.15, 0.2) is 24.3 Å². The lowest BCUT2D eigenvalue weighted by molar-refractivity contribution is -0.571. The smallest absolute Gasteiger partial charge is 0.224 e. The molecule has 1 aromatic rings. The molecule has 6 nitrogen and oxygen atoms in total. The molecule has 8 atom stereocenters. The number of hydrogen-bond donors (Lipinski definition) is 1. The van der Waals surface area contributed by atoms with Gasteiger partial charge in [-0.1, -0.05) is 13.8 Å². The summed E-state index contributed by atoms with van der Waals surface area (Å²) in [6, 6.07) is 5.80. The number of halogens is 1. The van der Waals surface area contributed by atoms with Crippen LogP contribution in [-0.4, -0.2) is 29.7 Å². The van der Waals surface area contributed by atoms with E-state index in [2.05, 4.69) is 19.2 Å². The molecule has 2 bridgehead atoms. The molecule has 5 aliphatic rings. The fourth-order valence-corrected chi connectivity index (χ4v) is 6.34. The lowest BCUT2D eigenvalue weighted by atomic mass is 9.57. The number of ether oxygens (including phenoxy) is 2. The molecular weight excluding hydrogens is 401 g/mol. The van der Waals surface area contributed by atoms with Crippen molar-refractivity contribution in [3.63, 3.8) is 0 Å². The van der Waals surface area contributed by atoms with E-state index in [4.69, 9.17) is 19.2 Å². The van der Waals surface area contributed by atoms with Gasteiger partial charge in [-0.25, -0.2) is 14.2 Å². The van der Waals surface area contributed by atoms with Gasteiger partial charge in [-0.2, -0.15) is 0 Å². The molecule has 1 amide bonds. The molecule has 31 heavy (non-hydrogen) atoms. The first kappa shape index (κ1) is 21.3. The average molecular weight is 434 g/mol. The average Bonchev–Trinajstić information content (AvgIpc) is 2.97. The van der Waals surface area contributed by atoms with Gasteiger partial charge in [0.2, 0.25) is 11.7 Å². The number of nitrogens with one attached hydrogen (secondary N) is 1. The van der Waals surface area contributed by atoms with Crippen LogP contribution in [0.4, 0.5) is 10.1 Å². The molecule has 5 fully saturated rings. The highest BCUT2D eigenvalue weighted by atomic mass is 19.1. The summed E-state index contributed by atoms with van der Waals surface area (Å²) in [7, 11) is 0. The second-order valence-electron chi connectivity index (χ2n) is 10.0. The number of hydrogen-bond acceptors (Lipinski definition) is 5. The summed E-state index contributed by atoms with van der Waals surface area (Å²) in [5.41, 5.74) is 0.0231. The molecule has 0 radical (unpaired) electrons. The summed E-state index contributed by atoms with van der Waals surface area (Å²) < 4.78 is 26.0. The van der Waals surface area contributed by atoms with Crippen molar-refractivity contribution in [1.82, 2.24) is 0 Å². The molecule has 1 aromatic carbocycles. The Morgan fingerprint density at radius 2 is 1.90 bits per heavy atom. The summed E-state index contributed by atoms with van der Waals surface area (Å²) in [6.07, 6.45) is 4.34. The highest BCUT2D eigenvalue weighted by Crippen LogP contribution is 2.60. The Morgan fingerprint density at radius 1 is 1.13 bits per heavy atom. The summed E-state index contributed by atoms with van der Waals surface area (Å²) >= 11 is 0. The van der Waals surface area contributed by atoms with Gasteiger partial charge in [-0.05, 0) is 74.6 Å². The molecule has 1 aliphatic carbocycles. The normalized spacial score (nSPS) is 43.7. The van der Waals surface area contributed by atoms with Gasteiger partial charge in [-0.15, -0.1) is 0 Å². The first-order valence-electron chi connectivity index (χ1n) is 11.6. The molecule has 1 saturated carbocycles. The number of carbonyl (C=O) groups is 1. The third-order valence-electron chi connectivity index (χ3n) is 8.08.